The molecule has 16 nitrogen and oxygen atoms in total. The number of rotatable bonds is 26. The van der Waals surface area contributed by atoms with E-state index in [9.17, 15) is 16.8 Å². The van der Waals surface area contributed by atoms with Gasteiger partial charge in [0.2, 0.25) is 19.7 Å². The largest absolute Gasteiger partial charge is 0.341 e. The summed E-state index contributed by atoms with van der Waals surface area (Å²) in [5.74, 6) is 0. The predicted octanol–water partition coefficient (Wildman–Crippen LogP) is 22.9. The first-order chi connectivity index (χ1) is 52.9. The van der Waals surface area contributed by atoms with Gasteiger partial charge in [-0.2, -0.15) is 20.4 Å². The van der Waals surface area contributed by atoms with Crippen LogP contribution in [0.5, 0.6) is 0 Å². The van der Waals surface area contributed by atoms with Crippen LogP contribution in [0.15, 0.2) is 307 Å². The van der Waals surface area contributed by atoms with Crippen LogP contribution in [0.2, 0.25) is 0 Å². The second-order valence-electron chi connectivity index (χ2n) is 27.0. The summed E-state index contributed by atoms with van der Waals surface area (Å²) in [5, 5.41) is 27.4. The molecule has 4 heterocycles. The zero-order valence-corrected chi connectivity index (χ0v) is 62.4. The molecule has 0 saturated heterocycles. The van der Waals surface area contributed by atoms with Crippen LogP contribution < -0.4 is 21.7 Å². The number of hydrogen-bond donors (Lipinski definition) is 4. The third kappa shape index (κ3) is 15.7. The number of benzene rings is 12. The lowest BCUT2D eigenvalue weighted by atomic mass is 10.1. The van der Waals surface area contributed by atoms with Crippen molar-refractivity contribution in [3.8, 4) is 0 Å². The zero-order chi connectivity index (χ0) is 74.1. The fourth-order valence-electron chi connectivity index (χ4n) is 14.6. The average molecular weight is 1490 g/mol. The van der Waals surface area contributed by atoms with Crippen molar-refractivity contribution in [1.29, 1.82) is 0 Å². The van der Waals surface area contributed by atoms with E-state index in [-0.39, 0.29) is 34.4 Å². The quantitative estimate of drug-likeness (QED) is 0.0234. The number of hydrogen-bond acceptors (Lipinski definition) is 12. The summed E-state index contributed by atoms with van der Waals surface area (Å²) in [4.78, 5) is 0.819. The minimum absolute atomic E-state index is 0. The van der Waals surface area contributed by atoms with Gasteiger partial charge in [0.05, 0.1) is 67.2 Å². The summed E-state index contributed by atoms with van der Waals surface area (Å²) in [6.45, 7) is 12.6. The van der Waals surface area contributed by atoms with E-state index in [1.807, 2.05) is 0 Å². The number of fused-ring (bicyclic) bond motifs is 12. The molecule has 0 spiro atoms. The van der Waals surface area contributed by atoms with Gasteiger partial charge in [-0.1, -0.05) is 151 Å². The van der Waals surface area contributed by atoms with E-state index in [4.69, 9.17) is 0 Å². The van der Waals surface area contributed by atoms with Crippen LogP contribution in [-0.4, -0.2) is 60.0 Å². The maximum absolute atomic E-state index is 13.5. The van der Waals surface area contributed by atoms with Crippen molar-refractivity contribution in [2.45, 2.75) is 127 Å². The van der Waals surface area contributed by atoms with Crippen molar-refractivity contribution in [1.82, 2.24) is 18.3 Å². The summed E-state index contributed by atoms with van der Waals surface area (Å²) in [5.41, 5.74) is 28.6. The first kappa shape index (κ1) is 75.8. The summed E-state index contributed by atoms with van der Waals surface area (Å²) >= 11 is 0. The van der Waals surface area contributed by atoms with Crippen LogP contribution in [-0.2, 0) is 45.9 Å². The molecule has 16 rings (SSSR count). The number of nitrogens with zero attached hydrogens (tertiary/aromatic N) is 8. The Morgan fingerprint density at radius 2 is 0.500 bits per heavy atom. The molecule has 4 N–H and O–H groups in total. The molecule has 0 atom stereocenters. The molecule has 110 heavy (non-hydrogen) atoms. The molecule has 12 aromatic carbocycles. The van der Waals surface area contributed by atoms with Gasteiger partial charge in [0.15, 0.2) is 0 Å². The highest BCUT2D eigenvalue weighted by Gasteiger charge is 2.21. The van der Waals surface area contributed by atoms with Gasteiger partial charge >= 0.3 is 0 Å². The Morgan fingerprint density at radius 3 is 0.745 bits per heavy atom. The number of unbranched alkanes of at least 4 members (excludes halogenated alkanes) is 4. The van der Waals surface area contributed by atoms with Crippen LogP contribution >= 0.6 is 0 Å². The molecule has 0 bridgehead atoms. The Labute approximate surface area is 643 Å². The van der Waals surface area contributed by atoms with Crippen molar-refractivity contribution in [2.24, 2.45) is 20.4 Å². The summed E-state index contributed by atoms with van der Waals surface area (Å²) in [6, 6.07) is 86.0. The Kier molecular flexibility index (Phi) is 23.3. The SMILES string of the molecule is C.C.CCCCCn1c2ccccc2c2cc(/C=N/Nc3ccc(S(=O)(=O)c4ccc(N/N=C/c5ccc6c(c5)c5ccccc5n6CCCCC)cc4)cc3)ccc21.CCn1c2ccccc2c2cc(/C=N/Nc3ccc(S(=O)(=O)c4ccc(N/N=C/c5ccc6c(c5)c5ccccc5n6CC)cc4)cc3)ccc21. The van der Waals surface area contributed by atoms with Gasteiger partial charge in [-0.15, -0.1) is 0 Å². The molecule has 0 fully saturated rings. The predicted molar refractivity (Wildman–Crippen MR) is 463 cm³/mol. The van der Waals surface area contributed by atoms with Gasteiger partial charge < -0.3 is 18.3 Å². The van der Waals surface area contributed by atoms with Crippen molar-refractivity contribution in [2.75, 3.05) is 21.7 Å². The first-order valence-corrected chi connectivity index (χ1v) is 40.0. The third-order valence-electron chi connectivity index (χ3n) is 20.1. The summed E-state index contributed by atoms with van der Waals surface area (Å²) in [6.07, 6.45) is 14.2. The third-order valence-corrected chi connectivity index (χ3v) is 23.6. The first-order valence-electron chi connectivity index (χ1n) is 37.0. The number of aryl methyl sites for hydroxylation is 4. The second-order valence-corrected chi connectivity index (χ2v) is 30.9. The molecule has 0 aliphatic carbocycles. The molecule has 0 aliphatic heterocycles. The lowest BCUT2D eigenvalue weighted by Gasteiger charge is -2.08. The number of anilines is 4. The Balaban J connectivity index is 0.000000191. The minimum Gasteiger partial charge on any atom is -0.341 e. The van der Waals surface area contributed by atoms with E-state index in [0.717, 1.165) is 61.3 Å². The molecule has 0 unspecified atom stereocenters. The molecule has 0 aliphatic rings. The van der Waals surface area contributed by atoms with Crippen LogP contribution in [0, 0.1) is 0 Å². The standard InChI is InChI=1S/C48H48N6O2S.C42H36N6O2S.2CH4/c1-3-5-11-29-53-45-15-9-7-13-41(45)43-31-35(17-27-47(43)53)33-49-51-37-19-23-39(24-20-37)57(55,56)40-25-21-38(22-26-40)52-50-34-36-18-28-48-44(32-36)42-14-8-10-16-46(42)54(48)30-12-6-4-2;1-3-47-39-11-7-5-9-35(39)37-25-29(13-23-41(37)47)27-43-45-31-15-19-33(20-16-31)51(49,50)34-21-17-32(18-22-34)46-44-28-30-14-24-42-38(26-30)36-10-6-8-12-40(36)48(42)4-2;;/h7-10,13-28,31-34,51-52H,3-6,11-12,29-30H2,1-2H3;5-28,45-46H,3-4H2,1-2H3;2*1H4/b49-33+,50-34+;43-27+,44-28+;;. The average Bonchev–Trinajstić information content (AvgIpc) is 1.62. The van der Waals surface area contributed by atoms with E-state index in [2.05, 4.69) is 258 Å². The second kappa shape index (κ2) is 33.8. The Hall–Kier alpha value is -12.4. The number of hydrazone groups is 4. The normalized spacial score (nSPS) is 12.0. The Bertz CT molecular complexity index is 5960. The van der Waals surface area contributed by atoms with Gasteiger partial charge in [-0.3, -0.25) is 21.7 Å². The topological polar surface area (TPSA) is 186 Å². The smallest absolute Gasteiger partial charge is 0.206 e. The van der Waals surface area contributed by atoms with Crippen molar-refractivity contribution in [3.63, 3.8) is 0 Å². The van der Waals surface area contributed by atoms with Crippen molar-refractivity contribution in [3.05, 3.63) is 289 Å². The van der Waals surface area contributed by atoms with Crippen LogP contribution in [0.4, 0.5) is 22.7 Å². The van der Waals surface area contributed by atoms with Gasteiger partial charge in [0, 0.05) is 113 Å². The lowest BCUT2D eigenvalue weighted by molar-refractivity contribution is 0.594. The van der Waals surface area contributed by atoms with E-state index >= 15 is 0 Å². The maximum atomic E-state index is 13.5. The highest BCUT2D eigenvalue weighted by atomic mass is 32.2. The number of para-hydroxylation sites is 4. The molecule has 0 amide bonds. The zero-order valence-electron chi connectivity index (χ0n) is 60.8. The summed E-state index contributed by atoms with van der Waals surface area (Å²) < 4.78 is 63.3. The highest BCUT2D eigenvalue weighted by molar-refractivity contribution is 7.91. The molecule has 16 aromatic rings. The number of sulfone groups is 2. The van der Waals surface area contributed by atoms with Crippen molar-refractivity contribution < 1.29 is 16.8 Å². The van der Waals surface area contributed by atoms with Crippen molar-refractivity contribution >= 4 is 155 Å². The van der Waals surface area contributed by atoms with Crippen LogP contribution in [0.1, 0.15) is 103 Å². The molecule has 18 heteroatoms. The monoisotopic (exact) mass is 1490 g/mol. The van der Waals surface area contributed by atoms with E-state index in [1.165, 1.54) is 113 Å². The fourth-order valence-corrected chi connectivity index (χ4v) is 17.2. The lowest BCUT2D eigenvalue weighted by Crippen LogP contribution is -2.02. The molecular weight excluding hydrogens is 1400 g/mol. The summed E-state index contributed by atoms with van der Waals surface area (Å²) in [7, 11) is -7.44. The number of aromatic nitrogens is 4. The van der Waals surface area contributed by atoms with Gasteiger partial charge in [-0.25, -0.2) is 16.8 Å². The molecule has 556 valence electrons. The van der Waals surface area contributed by atoms with Gasteiger partial charge in [0.1, 0.15) is 0 Å². The van der Waals surface area contributed by atoms with Crippen LogP contribution in [0.25, 0.3) is 87.2 Å². The van der Waals surface area contributed by atoms with E-state index in [1.54, 1.807) is 122 Å². The number of nitrogens with one attached hydrogen (secondary N) is 4. The van der Waals surface area contributed by atoms with Gasteiger partial charge in [-0.05, 0) is 219 Å². The highest BCUT2D eigenvalue weighted by Crippen LogP contribution is 2.35. The molecule has 4 aromatic heterocycles. The molecule has 0 saturated carbocycles. The van der Waals surface area contributed by atoms with E-state index in [0.29, 0.717) is 22.7 Å². The molecular formula is C92H92N12O4S2. The van der Waals surface area contributed by atoms with E-state index < -0.39 is 19.7 Å². The van der Waals surface area contributed by atoms with Gasteiger partial charge in [0.25, 0.3) is 0 Å². The Morgan fingerprint density at radius 1 is 0.273 bits per heavy atom. The van der Waals surface area contributed by atoms with Crippen LogP contribution in [0.3, 0.4) is 0 Å². The molecule has 0 radical (unpaired) electrons. The maximum Gasteiger partial charge on any atom is 0.206 e. The fraction of sp³-hybridized carbons (Fsp3) is 0.174. The minimum atomic E-state index is -3.72.